The average molecular weight is 246 g/mol. The normalized spacial score (nSPS) is 10.2. The van der Waals surface area contributed by atoms with Gasteiger partial charge in [0.25, 0.3) is 0 Å². The zero-order valence-corrected chi connectivity index (χ0v) is 10.7. The van der Waals surface area contributed by atoms with Crippen LogP contribution in [0.3, 0.4) is 0 Å². The molecule has 2 rings (SSSR count). The van der Waals surface area contributed by atoms with Gasteiger partial charge in [-0.25, -0.2) is 0 Å². The molecule has 0 saturated carbocycles. The highest BCUT2D eigenvalue weighted by molar-refractivity contribution is 6.33. The van der Waals surface area contributed by atoms with Gasteiger partial charge in [0, 0.05) is 6.54 Å². The van der Waals surface area contributed by atoms with Crippen LogP contribution in [0.4, 0.5) is 5.69 Å². The van der Waals surface area contributed by atoms with Crippen LogP contribution < -0.4 is 5.32 Å². The van der Waals surface area contributed by atoms with Crippen LogP contribution in [0.5, 0.6) is 0 Å². The molecule has 0 aromatic heterocycles. The van der Waals surface area contributed by atoms with Gasteiger partial charge < -0.3 is 5.32 Å². The lowest BCUT2D eigenvalue weighted by Crippen LogP contribution is -1.97. The van der Waals surface area contributed by atoms with Crippen molar-refractivity contribution >= 4 is 17.3 Å². The molecule has 2 aromatic rings. The maximum atomic E-state index is 6.21. The third-order valence-corrected chi connectivity index (χ3v) is 2.96. The zero-order valence-electron chi connectivity index (χ0n) is 9.91. The summed E-state index contributed by atoms with van der Waals surface area (Å²) in [6.07, 6.45) is 0.924. The Morgan fingerprint density at radius 1 is 1.00 bits per heavy atom. The molecular weight excluding hydrogens is 230 g/mol. The van der Waals surface area contributed by atoms with E-state index < -0.39 is 0 Å². The number of nitrogens with one attached hydrogen (secondary N) is 1. The van der Waals surface area contributed by atoms with Crippen molar-refractivity contribution in [3.8, 4) is 0 Å². The number of benzene rings is 2. The van der Waals surface area contributed by atoms with Crippen molar-refractivity contribution < 1.29 is 0 Å². The molecule has 0 bridgehead atoms. The minimum Gasteiger partial charge on any atom is -0.384 e. The molecule has 1 N–H and O–H groups in total. The molecule has 0 spiro atoms. The Morgan fingerprint density at radius 2 is 1.76 bits per heavy atom. The predicted octanol–water partition coefficient (Wildman–Crippen LogP) is 4.36. The Balaban J connectivity index is 2.15. The van der Waals surface area contributed by atoms with Crippen molar-refractivity contribution in [1.82, 2.24) is 0 Å². The minimum atomic E-state index is 0.792. The van der Waals surface area contributed by atoms with Crippen LogP contribution in [0.2, 0.25) is 5.02 Å². The zero-order chi connectivity index (χ0) is 12.1. The highest BCUT2D eigenvalue weighted by Crippen LogP contribution is 2.24. The van der Waals surface area contributed by atoms with Crippen molar-refractivity contribution in [2.75, 3.05) is 11.9 Å². The Labute approximate surface area is 107 Å². The molecule has 0 fully saturated rings. The first kappa shape index (κ1) is 12.0. The van der Waals surface area contributed by atoms with Crippen LogP contribution in [-0.4, -0.2) is 6.54 Å². The summed E-state index contributed by atoms with van der Waals surface area (Å²) in [5.41, 5.74) is 3.55. The highest BCUT2D eigenvalue weighted by atomic mass is 35.5. The monoisotopic (exact) mass is 245 g/mol. The summed E-state index contributed by atoms with van der Waals surface area (Å²) in [4.78, 5) is 0. The van der Waals surface area contributed by atoms with Gasteiger partial charge in [0.1, 0.15) is 0 Å². The molecule has 1 nitrogen and oxygen atoms in total. The van der Waals surface area contributed by atoms with Crippen molar-refractivity contribution in [3.63, 3.8) is 0 Å². The molecule has 0 unspecified atom stereocenters. The summed E-state index contributed by atoms with van der Waals surface area (Å²) in [6, 6.07) is 16.6. The Kier molecular flexibility index (Phi) is 4.05. The fraction of sp³-hybridized carbons (Fsp3) is 0.200. The summed E-state index contributed by atoms with van der Waals surface area (Å²) in [6.45, 7) is 2.95. The van der Waals surface area contributed by atoms with E-state index in [1.54, 1.807) is 0 Å². The summed E-state index contributed by atoms with van der Waals surface area (Å²) in [7, 11) is 0. The van der Waals surface area contributed by atoms with E-state index in [1.165, 1.54) is 11.1 Å². The molecule has 88 valence electrons. The summed E-state index contributed by atoms with van der Waals surface area (Å²) in [5, 5.41) is 4.03. The lowest BCUT2D eigenvalue weighted by Gasteiger charge is -2.08. The number of halogens is 1. The molecule has 0 aliphatic heterocycles. The van der Waals surface area contributed by atoms with E-state index in [0.717, 1.165) is 23.7 Å². The van der Waals surface area contributed by atoms with Crippen molar-refractivity contribution in [1.29, 1.82) is 0 Å². The molecule has 0 saturated heterocycles. The lowest BCUT2D eigenvalue weighted by molar-refractivity contribution is 1.18. The summed E-state index contributed by atoms with van der Waals surface area (Å²) < 4.78 is 0. The molecule has 2 aromatic carbocycles. The lowest BCUT2D eigenvalue weighted by atomic mass is 10.0. The van der Waals surface area contributed by atoms with Crippen molar-refractivity contribution in [2.45, 2.75) is 13.3 Å². The van der Waals surface area contributed by atoms with Crippen LogP contribution in [0.15, 0.2) is 48.5 Å². The van der Waals surface area contributed by atoms with E-state index in [9.17, 15) is 0 Å². The van der Waals surface area contributed by atoms with Gasteiger partial charge in [-0.1, -0.05) is 48.0 Å². The molecule has 0 atom stereocenters. The third kappa shape index (κ3) is 3.24. The Morgan fingerprint density at radius 3 is 2.41 bits per heavy atom. The van der Waals surface area contributed by atoms with Gasteiger partial charge >= 0.3 is 0 Å². The second-order valence-corrected chi connectivity index (χ2v) is 4.41. The Bertz CT molecular complexity index is 480. The van der Waals surface area contributed by atoms with E-state index in [1.807, 2.05) is 18.2 Å². The molecule has 17 heavy (non-hydrogen) atoms. The maximum Gasteiger partial charge on any atom is 0.0640 e. The minimum absolute atomic E-state index is 0.792. The first-order chi connectivity index (χ1) is 8.29. The van der Waals surface area contributed by atoms with E-state index in [4.69, 9.17) is 11.6 Å². The number of hydrogen-bond acceptors (Lipinski definition) is 1. The fourth-order valence-electron chi connectivity index (χ4n) is 1.83. The van der Waals surface area contributed by atoms with Crippen molar-refractivity contribution in [2.24, 2.45) is 0 Å². The van der Waals surface area contributed by atoms with E-state index in [0.29, 0.717) is 0 Å². The SMILES string of the molecule is CCNc1ccc(Cc2ccccc2)cc1Cl. The number of rotatable bonds is 4. The Hall–Kier alpha value is -1.47. The molecular formula is C15H16ClN. The highest BCUT2D eigenvalue weighted by Gasteiger charge is 2.01. The largest absolute Gasteiger partial charge is 0.384 e. The van der Waals surface area contributed by atoms with Crippen LogP contribution in [0.25, 0.3) is 0 Å². The molecule has 0 heterocycles. The smallest absolute Gasteiger partial charge is 0.0640 e. The second-order valence-electron chi connectivity index (χ2n) is 4.01. The number of hydrogen-bond donors (Lipinski definition) is 1. The van der Waals surface area contributed by atoms with Gasteiger partial charge in [0.05, 0.1) is 10.7 Å². The van der Waals surface area contributed by atoms with Gasteiger partial charge in [-0.05, 0) is 36.6 Å². The second kappa shape index (κ2) is 5.74. The molecule has 0 aliphatic rings. The van der Waals surface area contributed by atoms with Gasteiger partial charge in [-0.3, -0.25) is 0 Å². The predicted molar refractivity (Wildman–Crippen MR) is 74.9 cm³/mol. The van der Waals surface area contributed by atoms with E-state index in [2.05, 4.69) is 42.6 Å². The van der Waals surface area contributed by atoms with Gasteiger partial charge in [0.2, 0.25) is 0 Å². The van der Waals surface area contributed by atoms with Crippen LogP contribution in [-0.2, 0) is 6.42 Å². The van der Waals surface area contributed by atoms with Gasteiger partial charge in [-0.15, -0.1) is 0 Å². The van der Waals surface area contributed by atoms with E-state index in [-0.39, 0.29) is 0 Å². The topological polar surface area (TPSA) is 12.0 Å². The fourth-order valence-corrected chi connectivity index (χ4v) is 2.10. The van der Waals surface area contributed by atoms with Crippen LogP contribution >= 0.6 is 11.6 Å². The van der Waals surface area contributed by atoms with Gasteiger partial charge in [0.15, 0.2) is 0 Å². The summed E-state index contributed by atoms with van der Waals surface area (Å²) in [5.74, 6) is 0. The standard InChI is InChI=1S/C15H16ClN/c1-2-17-15-9-8-13(11-14(15)16)10-12-6-4-3-5-7-12/h3-9,11,17H,2,10H2,1H3. The molecule has 2 heteroatoms. The van der Waals surface area contributed by atoms with Crippen LogP contribution in [0.1, 0.15) is 18.1 Å². The number of anilines is 1. The van der Waals surface area contributed by atoms with Crippen LogP contribution in [0, 0.1) is 0 Å². The molecule has 0 radical (unpaired) electrons. The van der Waals surface area contributed by atoms with Gasteiger partial charge in [-0.2, -0.15) is 0 Å². The average Bonchev–Trinajstić information content (AvgIpc) is 2.34. The third-order valence-electron chi connectivity index (χ3n) is 2.65. The summed E-state index contributed by atoms with van der Waals surface area (Å²) >= 11 is 6.21. The van der Waals surface area contributed by atoms with E-state index >= 15 is 0 Å². The quantitative estimate of drug-likeness (QED) is 0.844. The first-order valence-corrected chi connectivity index (χ1v) is 6.23. The first-order valence-electron chi connectivity index (χ1n) is 5.86. The molecule has 0 amide bonds. The van der Waals surface area contributed by atoms with Crippen molar-refractivity contribution in [3.05, 3.63) is 64.7 Å². The maximum absolute atomic E-state index is 6.21. The molecule has 0 aliphatic carbocycles.